The Bertz CT molecular complexity index is 545. The molecule has 1 aromatic heterocycles. The number of rotatable bonds is 6. The fourth-order valence-electron chi connectivity index (χ4n) is 1.46. The van der Waals surface area contributed by atoms with Crippen LogP contribution in [-0.2, 0) is 11.3 Å². The lowest BCUT2D eigenvalue weighted by Gasteiger charge is -2.04. The molecule has 1 N–H and O–H groups in total. The summed E-state index contributed by atoms with van der Waals surface area (Å²) in [5.74, 6) is -0.514. The normalized spacial score (nSPS) is 10.3. The summed E-state index contributed by atoms with van der Waals surface area (Å²) in [5, 5.41) is 9.51. The van der Waals surface area contributed by atoms with Crippen molar-refractivity contribution in [3.8, 4) is 0 Å². The third kappa shape index (κ3) is 4.39. The standard InChI is InChI=1S/C14H13NO3S/c16-14(17)12-6-7-15-13(8-12)19-10-18-9-11-4-2-1-3-5-11/h1-8H,9-10H2,(H,16,17). The molecule has 98 valence electrons. The van der Waals surface area contributed by atoms with Crippen molar-refractivity contribution in [2.75, 3.05) is 5.94 Å². The molecule has 0 bridgehead atoms. The highest BCUT2D eigenvalue weighted by molar-refractivity contribution is 7.99. The Kier molecular flexibility index (Phi) is 4.94. The highest BCUT2D eigenvalue weighted by Crippen LogP contribution is 2.17. The summed E-state index contributed by atoms with van der Waals surface area (Å²) < 4.78 is 5.50. The quantitative estimate of drug-likeness (QED) is 0.499. The second-order valence-corrected chi connectivity index (χ2v) is 4.73. The summed E-state index contributed by atoms with van der Waals surface area (Å²) >= 11 is 1.37. The zero-order chi connectivity index (χ0) is 13.5. The first-order valence-corrected chi connectivity index (χ1v) is 6.68. The number of carboxylic acids is 1. The molecule has 0 aliphatic carbocycles. The molecule has 0 aliphatic heterocycles. The molecule has 19 heavy (non-hydrogen) atoms. The van der Waals surface area contributed by atoms with Gasteiger partial charge in [-0.05, 0) is 17.7 Å². The molecule has 0 amide bonds. The first-order chi connectivity index (χ1) is 9.25. The van der Waals surface area contributed by atoms with Crippen molar-refractivity contribution in [1.82, 2.24) is 4.98 Å². The van der Waals surface area contributed by atoms with E-state index in [4.69, 9.17) is 9.84 Å². The van der Waals surface area contributed by atoms with Crippen LogP contribution in [0.1, 0.15) is 15.9 Å². The molecule has 0 aliphatic rings. The first-order valence-electron chi connectivity index (χ1n) is 5.69. The lowest BCUT2D eigenvalue weighted by Crippen LogP contribution is -1.97. The van der Waals surface area contributed by atoms with Crippen LogP contribution in [0.4, 0.5) is 0 Å². The summed E-state index contributed by atoms with van der Waals surface area (Å²) in [5.41, 5.74) is 1.34. The van der Waals surface area contributed by atoms with Gasteiger partial charge in [0, 0.05) is 6.20 Å². The van der Waals surface area contributed by atoms with Crippen molar-refractivity contribution in [3.63, 3.8) is 0 Å². The van der Waals surface area contributed by atoms with Crippen LogP contribution in [0, 0.1) is 0 Å². The number of thioether (sulfide) groups is 1. The van der Waals surface area contributed by atoms with Crippen molar-refractivity contribution in [3.05, 3.63) is 59.8 Å². The van der Waals surface area contributed by atoms with Crippen LogP contribution in [0.5, 0.6) is 0 Å². The number of hydrogen-bond donors (Lipinski definition) is 1. The largest absolute Gasteiger partial charge is 0.478 e. The summed E-state index contributed by atoms with van der Waals surface area (Å²) in [7, 11) is 0. The van der Waals surface area contributed by atoms with Gasteiger partial charge in [0.25, 0.3) is 0 Å². The number of ether oxygens (including phenoxy) is 1. The Labute approximate surface area is 115 Å². The van der Waals surface area contributed by atoms with Gasteiger partial charge in [0.05, 0.1) is 23.1 Å². The molecule has 0 fully saturated rings. The van der Waals surface area contributed by atoms with E-state index in [-0.39, 0.29) is 5.56 Å². The molecular formula is C14H13NO3S. The van der Waals surface area contributed by atoms with E-state index in [0.717, 1.165) is 5.56 Å². The molecule has 2 aromatic rings. The zero-order valence-corrected chi connectivity index (χ0v) is 11.0. The Balaban J connectivity index is 1.80. The average Bonchev–Trinajstić information content (AvgIpc) is 2.45. The summed E-state index contributed by atoms with van der Waals surface area (Å²) in [6.45, 7) is 0.534. The minimum absolute atomic E-state index is 0.237. The SMILES string of the molecule is O=C(O)c1ccnc(SCOCc2ccccc2)c1. The van der Waals surface area contributed by atoms with E-state index in [2.05, 4.69) is 4.98 Å². The zero-order valence-electron chi connectivity index (χ0n) is 10.2. The van der Waals surface area contributed by atoms with Gasteiger partial charge in [0.15, 0.2) is 0 Å². The predicted octanol–water partition coefficient (Wildman–Crippen LogP) is 3.05. The van der Waals surface area contributed by atoms with Crippen molar-refractivity contribution >= 4 is 17.7 Å². The van der Waals surface area contributed by atoms with Gasteiger partial charge in [-0.1, -0.05) is 42.1 Å². The van der Waals surface area contributed by atoms with Crippen LogP contribution < -0.4 is 0 Å². The maximum atomic E-state index is 10.8. The topological polar surface area (TPSA) is 59.4 Å². The van der Waals surface area contributed by atoms with Crippen LogP contribution in [0.25, 0.3) is 0 Å². The maximum absolute atomic E-state index is 10.8. The molecule has 1 aromatic carbocycles. The summed E-state index contributed by atoms with van der Waals surface area (Å²) in [6, 6.07) is 12.9. The maximum Gasteiger partial charge on any atom is 0.335 e. The molecule has 0 radical (unpaired) electrons. The fourth-order valence-corrected chi connectivity index (χ4v) is 2.09. The lowest BCUT2D eigenvalue weighted by atomic mass is 10.2. The molecule has 1 heterocycles. The van der Waals surface area contributed by atoms with Gasteiger partial charge in [-0.15, -0.1) is 0 Å². The van der Waals surface area contributed by atoms with Crippen molar-refractivity contribution < 1.29 is 14.6 Å². The van der Waals surface area contributed by atoms with E-state index in [1.54, 1.807) is 6.07 Å². The fraction of sp³-hybridized carbons (Fsp3) is 0.143. The average molecular weight is 275 g/mol. The Morgan fingerprint density at radius 1 is 1.26 bits per heavy atom. The van der Waals surface area contributed by atoms with Gasteiger partial charge in [-0.25, -0.2) is 9.78 Å². The van der Waals surface area contributed by atoms with E-state index in [0.29, 0.717) is 17.6 Å². The number of aromatic nitrogens is 1. The van der Waals surface area contributed by atoms with Gasteiger partial charge >= 0.3 is 5.97 Å². The minimum Gasteiger partial charge on any atom is -0.478 e. The molecule has 4 nitrogen and oxygen atoms in total. The van der Waals surface area contributed by atoms with Crippen LogP contribution in [0.15, 0.2) is 53.7 Å². The number of benzene rings is 1. The molecule has 0 saturated carbocycles. The second-order valence-electron chi connectivity index (χ2n) is 3.78. The molecular weight excluding hydrogens is 262 g/mol. The third-order valence-electron chi connectivity index (χ3n) is 2.38. The molecule has 5 heteroatoms. The monoisotopic (exact) mass is 275 g/mol. The van der Waals surface area contributed by atoms with Gasteiger partial charge < -0.3 is 9.84 Å². The Hall–Kier alpha value is -1.85. The second kappa shape index (κ2) is 6.92. The number of nitrogens with zero attached hydrogens (tertiary/aromatic N) is 1. The smallest absolute Gasteiger partial charge is 0.335 e. The number of carbonyl (C=O) groups is 1. The number of hydrogen-bond acceptors (Lipinski definition) is 4. The van der Waals surface area contributed by atoms with Crippen LogP contribution in [0.3, 0.4) is 0 Å². The minimum atomic E-state index is -0.950. The van der Waals surface area contributed by atoms with E-state index in [1.807, 2.05) is 30.3 Å². The van der Waals surface area contributed by atoms with E-state index < -0.39 is 5.97 Å². The van der Waals surface area contributed by atoms with Gasteiger partial charge in [-0.2, -0.15) is 0 Å². The van der Waals surface area contributed by atoms with Crippen LogP contribution in [-0.4, -0.2) is 22.0 Å². The van der Waals surface area contributed by atoms with E-state index in [1.165, 1.54) is 24.0 Å². The van der Waals surface area contributed by atoms with Crippen LogP contribution in [0.2, 0.25) is 0 Å². The van der Waals surface area contributed by atoms with Gasteiger partial charge in [0.2, 0.25) is 0 Å². The molecule has 0 atom stereocenters. The Morgan fingerprint density at radius 2 is 2.05 bits per heavy atom. The van der Waals surface area contributed by atoms with Crippen molar-refractivity contribution in [2.45, 2.75) is 11.6 Å². The first kappa shape index (κ1) is 13.6. The van der Waals surface area contributed by atoms with Crippen molar-refractivity contribution in [2.24, 2.45) is 0 Å². The van der Waals surface area contributed by atoms with Crippen molar-refractivity contribution in [1.29, 1.82) is 0 Å². The lowest BCUT2D eigenvalue weighted by molar-refractivity contribution is 0.0696. The molecule has 0 spiro atoms. The van der Waals surface area contributed by atoms with Crippen LogP contribution >= 0.6 is 11.8 Å². The molecule has 0 unspecified atom stereocenters. The Morgan fingerprint density at radius 3 is 2.79 bits per heavy atom. The number of carboxylic acid groups (broad SMARTS) is 1. The third-order valence-corrected chi connectivity index (χ3v) is 3.19. The molecule has 0 saturated heterocycles. The van der Waals surface area contributed by atoms with Gasteiger partial charge in [-0.3, -0.25) is 0 Å². The highest BCUT2D eigenvalue weighted by atomic mass is 32.2. The highest BCUT2D eigenvalue weighted by Gasteiger charge is 2.04. The number of pyridine rings is 1. The number of aromatic carboxylic acids is 1. The van der Waals surface area contributed by atoms with E-state index in [9.17, 15) is 4.79 Å². The molecule has 2 rings (SSSR count). The summed E-state index contributed by atoms with van der Waals surface area (Å²) in [6.07, 6.45) is 1.49. The van der Waals surface area contributed by atoms with Gasteiger partial charge in [0.1, 0.15) is 0 Å². The van der Waals surface area contributed by atoms with E-state index >= 15 is 0 Å². The summed E-state index contributed by atoms with van der Waals surface area (Å²) in [4.78, 5) is 14.9. The predicted molar refractivity (Wildman–Crippen MR) is 73.2 cm³/mol.